The summed E-state index contributed by atoms with van der Waals surface area (Å²) >= 11 is 3.97. The Labute approximate surface area is 41.6 Å². The Kier molecular flexibility index (Phi) is 1.01. The van der Waals surface area contributed by atoms with Gasteiger partial charge in [0.25, 0.3) is 0 Å². The van der Waals surface area contributed by atoms with Gasteiger partial charge in [-0.3, -0.25) is 0 Å². The summed E-state index contributed by atoms with van der Waals surface area (Å²) in [7, 11) is 0. The van der Waals surface area contributed by atoms with E-state index in [4.69, 9.17) is 0 Å². The van der Waals surface area contributed by atoms with Crippen molar-refractivity contribution in [2.45, 2.75) is 5.37 Å². The maximum absolute atomic E-state index is 4.69. The van der Waals surface area contributed by atoms with E-state index in [0.29, 0.717) is 6.61 Å². The minimum absolute atomic E-state index is 0.0880. The Morgan fingerprint density at radius 2 is 2.83 bits per heavy atom. The van der Waals surface area contributed by atoms with Gasteiger partial charge in [-0.05, 0) is 0 Å². The van der Waals surface area contributed by atoms with Crippen LogP contribution >= 0.6 is 12.6 Å². The van der Waals surface area contributed by atoms with Gasteiger partial charge >= 0.3 is 0 Å². The average Bonchev–Trinajstić information content (AvgIpc) is 1.86. The van der Waals surface area contributed by atoms with Gasteiger partial charge in [0.1, 0.15) is 12.0 Å². The van der Waals surface area contributed by atoms with Gasteiger partial charge in [-0.15, -0.1) is 12.6 Å². The predicted octanol–water partition coefficient (Wildman–Crippen LogP) is 0.301. The van der Waals surface area contributed by atoms with Gasteiger partial charge in [0.2, 0.25) is 0 Å². The summed E-state index contributed by atoms with van der Waals surface area (Å²) in [6.45, 7) is 0.628. The van der Waals surface area contributed by atoms with Gasteiger partial charge in [0, 0.05) is 0 Å². The molecule has 1 unspecified atom stereocenters. The maximum Gasteiger partial charge on any atom is 0.170 e. The number of ether oxygens (including phenoxy) is 1. The quantitative estimate of drug-likeness (QED) is 0.437. The zero-order valence-electron chi connectivity index (χ0n) is 3.16. The van der Waals surface area contributed by atoms with Crippen molar-refractivity contribution in [2.24, 2.45) is 4.99 Å². The Hall–Kier alpha value is -0.180. The molecule has 0 amide bonds. The molecule has 0 saturated heterocycles. The standard InChI is InChI=1S/C3H5NOS/c6-3-1-5-2-4-3/h2-3,6H,1H2. The zero-order chi connectivity index (χ0) is 4.41. The van der Waals surface area contributed by atoms with E-state index in [0.717, 1.165) is 0 Å². The smallest absolute Gasteiger partial charge is 0.170 e. The van der Waals surface area contributed by atoms with Gasteiger partial charge in [0.05, 0.1) is 0 Å². The van der Waals surface area contributed by atoms with Crippen molar-refractivity contribution in [3.8, 4) is 0 Å². The SMILES string of the molecule is SC1COC=N1. The molecule has 0 aromatic heterocycles. The fourth-order valence-corrected chi connectivity index (χ4v) is 0.426. The third kappa shape index (κ3) is 0.653. The van der Waals surface area contributed by atoms with Crippen LogP contribution in [0.3, 0.4) is 0 Å². The molecule has 0 aromatic carbocycles. The van der Waals surface area contributed by atoms with Crippen LogP contribution in [0.25, 0.3) is 0 Å². The highest BCUT2D eigenvalue weighted by atomic mass is 32.1. The van der Waals surface area contributed by atoms with Crippen molar-refractivity contribution in [3.05, 3.63) is 0 Å². The Bertz CT molecular complexity index is 73.2. The van der Waals surface area contributed by atoms with Crippen LogP contribution in [-0.2, 0) is 4.74 Å². The lowest BCUT2D eigenvalue weighted by molar-refractivity contribution is 0.354. The van der Waals surface area contributed by atoms with E-state index in [2.05, 4.69) is 22.4 Å². The molecule has 1 atom stereocenters. The highest BCUT2D eigenvalue weighted by molar-refractivity contribution is 7.81. The van der Waals surface area contributed by atoms with Crippen molar-refractivity contribution in [2.75, 3.05) is 6.61 Å². The molecule has 0 aromatic rings. The van der Waals surface area contributed by atoms with Gasteiger partial charge in [0.15, 0.2) is 6.40 Å². The van der Waals surface area contributed by atoms with Gasteiger partial charge in [-0.1, -0.05) is 0 Å². The lowest BCUT2D eigenvalue weighted by Gasteiger charge is -1.87. The molecule has 1 heterocycles. The highest BCUT2D eigenvalue weighted by Crippen LogP contribution is 2.00. The van der Waals surface area contributed by atoms with E-state index in [1.54, 1.807) is 0 Å². The maximum atomic E-state index is 4.69. The summed E-state index contributed by atoms with van der Waals surface area (Å²) in [4.78, 5) is 3.75. The largest absolute Gasteiger partial charge is 0.480 e. The molecule has 0 N–H and O–H groups in total. The van der Waals surface area contributed by atoms with Crippen molar-refractivity contribution in [1.29, 1.82) is 0 Å². The first-order valence-electron chi connectivity index (χ1n) is 1.71. The molecular weight excluding hydrogens is 98.1 g/mol. The minimum atomic E-state index is 0.0880. The monoisotopic (exact) mass is 103 g/mol. The molecule has 2 nitrogen and oxygen atoms in total. The Morgan fingerprint density at radius 1 is 2.00 bits per heavy atom. The van der Waals surface area contributed by atoms with Crippen LogP contribution < -0.4 is 0 Å². The summed E-state index contributed by atoms with van der Waals surface area (Å²) in [6.07, 6.45) is 1.43. The first-order chi connectivity index (χ1) is 2.89. The molecule has 0 fully saturated rings. The van der Waals surface area contributed by atoms with E-state index < -0.39 is 0 Å². The molecule has 0 bridgehead atoms. The number of aliphatic imine (C=N–C) groups is 1. The molecule has 0 radical (unpaired) electrons. The van der Waals surface area contributed by atoms with Gasteiger partial charge in [-0.2, -0.15) is 0 Å². The average molecular weight is 103 g/mol. The van der Waals surface area contributed by atoms with Crippen molar-refractivity contribution >= 4 is 19.0 Å². The second kappa shape index (κ2) is 1.51. The molecule has 3 heteroatoms. The second-order valence-electron chi connectivity index (χ2n) is 1.07. The molecule has 0 spiro atoms. The van der Waals surface area contributed by atoms with E-state index in [-0.39, 0.29) is 5.37 Å². The van der Waals surface area contributed by atoms with Crippen LogP contribution in [-0.4, -0.2) is 18.4 Å². The number of thiol groups is 1. The van der Waals surface area contributed by atoms with Crippen molar-refractivity contribution < 1.29 is 4.74 Å². The molecule has 1 rings (SSSR count). The number of rotatable bonds is 0. The minimum Gasteiger partial charge on any atom is -0.480 e. The van der Waals surface area contributed by atoms with Crippen LogP contribution in [0.4, 0.5) is 0 Å². The van der Waals surface area contributed by atoms with Crippen LogP contribution in [0.1, 0.15) is 0 Å². The topological polar surface area (TPSA) is 21.6 Å². The molecule has 1 aliphatic heterocycles. The van der Waals surface area contributed by atoms with Crippen molar-refractivity contribution in [1.82, 2.24) is 0 Å². The van der Waals surface area contributed by atoms with Crippen LogP contribution in [0.2, 0.25) is 0 Å². The summed E-state index contributed by atoms with van der Waals surface area (Å²) < 4.78 is 4.69. The van der Waals surface area contributed by atoms with Crippen LogP contribution in [0.5, 0.6) is 0 Å². The Balaban J connectivity index is 2.38. The molecule has 0 aliphatic carbocycles. The molecule has 34 valence electrons. The summed E-state index contributed by atoms with van der Waals surface area (Å²) in [5.41, 5.74) is 0. The third-order valence-corrected chi connectivity index (χ3v) is 0.835. The van der Waals surface area contributed by atoms with E-state index in [1.165, 1.54) is 6.40 Å². The fourth-order valence-electron chi connectivity index (χ4n) is 0.285. The van der Waals surface area contributed by atoms with Gasteiger partial charge in [-0.25, -0.2) is 4.99 Å². The number of hydrogen-bond donors (Lipinski definition) is 1. The van der Waals surface area contributed by atoms with Gasteiger partial charge < -0.3 is 4.74 Å². The number of nitrogens with zero attached hydrogens (tertiary/aromatic N) is 1. The Morgan fingerprint density at radius 3 is 3.00 bits per heavy atom. The molecule has 1 aliphatic rings. The van der Waals surface area contributed by atoms with Crippen molar-refractivity contribution in [3.63, 3.8) is 0 Å². The normalized spacial score (nSPS) is 30.5. The van der Waals surface area contributed by atoms with E-state index >= 15 is 0 Å². The zero-order valence-corrected chi connectivity index (χ0v) is 4.06. The summed E-state index contributed by atoms with van der Waals surface area (Å²) in [6, 6.07) is 0. The first-order valence-corrected chi connectivity index (χ1v) is 2.22. The highest BCUT2D eigenvalue weighted by Gasteiger charge is 2.02. The summed E-state index contributed by atoms with van der Waals surface area (Å²) in [5.74, 6) is 0. The second-order valence-corrected chi connectivity index (χ2v) is 1.66. The lowest BCUT2D eigenvalue weighted by atomic mass is 10.7. The third-order valence-electron chi connectivity index (χ3n) is 0.553. The lowest BCUT2D eigenvalue weighted by Crippen LogP contribution is -1.93. The van der Waals surface area contributed by atoms with Crippen LogP contribution in [0, 0.1) is 0 Å². The molecular formula is C3H5NOS. The summed E-state index contributed by atoms with van der Waals surface area (Å²) in [5, 5.41) is 0.0880. The van der Waals surface area contributed by atoms with Crippen LogP contribution in [0.15, 0.2) is 4.99 Å². The first kappa shape index (κ1) is 3.99. The van der Waals surface area contributed by atoms with E-state index in [1.807, 2.05) is 0 Å². The molecule has 0 saturated carbocycles. The number of hydrogen-bond acceptors (Lipinski definition) is 3. The molecule has 6 heavy (non-hydrogen) atoms. The van der Waals surface area contributed by atoms with E-state index in [9.17, 15) is 0 Å². The predicted molar refractivity (Wildman–Crippen MR) is 27.2 cm³/mol. The fraction of sp³-hybridized carbons (Fsp3) is 0.667.